The Balaban J connectivity index is 2.61. The number of nitrogens with zero attached hydrogens (tertiary/aromatic N) is 2. The van der Waals surface area contributed by atoms with E-state index < -0.39 is 0 Å². The van der Waals surface area contributed by atoms with E-state index in [1.807, 2.05) is 13.0 Å². The second-order valence-corrected chi connectivity index (χ2v) is 3.39. The maximum Gasteiger partial charge on any atom is 0.144 e. The molecule has 0 unspecified atom stereocenters. The number of nitrogens with two attached hydrogens (primary N) is 1. The van der Waals surface area contributed by atoms with Crippen LogP contribution in [0, 0.1) is 18.3 Å². The van der Waals surface area contributed by atoms with Crippen molar-refractivity contribution in [3.63, 3.8) is 0 Å². The molecule has 1 aromatic heterocycles. The molecule has 1 heterocycles. The summed E-state index contributed by atoms with van der Waals surface area (Å²) < 4.78 is 0. The van der Waals surface area contributed by atoms with Gasteiger partial charge < -0.3 is 11.1 Å². The van der Waals surface area contributed by atoms with Crippen LogP contribution in [0.4, 0.5) is 5.82 Å². The van der Waals surface area contributed by atoms with Gasteiger partial charge in [0.2, 0.25) is 0 Å². The van der Waals surface area contributed by atoms with Gasteiger partial charge in [0.15, 0.2) is 0 Å². The van der Waals surface area contributed by atoms with E-state index in [-0.39, 0.29) is 0 Å². The SMILES string of the molecule is Cc1ccnc(NCCCCN)c1C#N. The molecule has 3 N–H and O–H groups in total. The number of nitrogens with one attached hydrogen (secondary N) is 1. The third-order valence-electron chi connectivity index (χ3n) is 2.19. The molecule has 0 fully saturated rings. The van der Waals surface area contributed by atoms with Crippen molar-refractivity contribution in [3.05, 3.63) is 23.4 Å². The Morgan fingerprint density at radius 3 is 3.00 bits per heavy atom. The smallest absolute Gasteiger partial charge is 0.144 e. The zero-order valence-electron chi connectivity index (χ0n) is 8.95. The minimum atomic E-state index is 0.630. The number of aromatic nitrogens is 1. The van der Waals surface area contributed by atoms with Crippen molar-refractivity contribution < 1.29 is 0 Å². The van der Waals surface area contributed by atoms with Crippen molar-refractivity contribution in [2.75, 3.05) is 18.4 Å². The number of aryl methyl sites for hydroxylation is 1. The lowest BCUT2D eigenvalue weighted by atomic mass is 10.1. The minimum absolute atomic E-state index is 0.630. The standard InChI is InChI=1S/C11H16N4/c1-9-4-7-15-11(10(9)8-13)14-6-3-2-5-12/h4,7H,2-3,5-6,12H2,1H3,(H,14,15). The lowest BCUT2D eigenvalue weighted by Gasteiger charge is -2.07. The molecular weight excluding hydrogens is 188 g/mol. The Morgan fingerprint density at radius 2 is 2.33 bits per heavy atom. The molecule has 0 aliphatic heterocycles. The van der Waals surface area contributed by atoms with Crippen LogP contribution in [0.15, 0.2) is 12.3 Å². The summed E-state index contributed by atoms with van der Waals surface area (Å²) in [5.41, 5.74) is 6.97. The van der Waals surface area contributed by atoms with E-state index in [4.69, 9.17) is 11.0 Å². The van der Waals surface area contributed by atoms with Crippen molar-refractivity contribution >= 4 is 5.82 Å². The van der Waals surface area contributed by atoms with Gasteiger partial charge in [-0.25, -0.2) is 4.98 Å². The molecule has 0 aliphatic carbocycles. The molecule has 0 aromatic carbocycles. The maximum absolute atomic E-state index is 8.95. The van der Waals surface area contributed by atoms with Crippen LogP contribution in [0.5, 0.6) is 0 Å². The molecule has 0 atom stereocenters. The van der Waals surface area contributed by atoms with Crippen LogP contribution in [0.25, 0.3) is 0 Å². The summed E-state index contributed by atoms with van der Waals surface area (Å²) >= 11 is 0. The molecule has 0 amide bonds. The molecule has 4 heteroatoms. The largest absolute Gasteiger partial charge is 0.369 e. The van der Waals surface area contributed by atoms with Gasteiger partial charge in [-0.05, 0) is 37.9 Å². The van der Waals surface area contributed by atoms with Gasteiger partial charge in [0.1, 0.15) is 11.9 Å². The summed E-state index contributed by atoms with van der Waals surface area (Å²) in [6.07, 6.45) is 3.69. The number of rotatable bonds is 5. The Labute approximate surface area is 90.1 Å². The minimum Gasteiger partial charge on any atom is -0.369 e. The van der Waals surface area contributed by atoms with E-state index in [9.17, 15) is 0 Å². The number of hydrogen-bond donors (Lipinski definition) is 2. The summed E-state index contributed by atoms with van der Waals surface area (Å²) in [6.45, 7) is 3.42. The Bertz CT molecular complexity index is 354. The first-order valence-electron chi connectivity index (χ1n) is 5.09. The van der Waals surface area contributed by atoms with Crippen LogP contribution in [0.3, 0.4) is 0 Å². The van der Waals surface area contributed by atoms with Gasteiger partial charge in [0.05, 0.1) is 5.56 Å². The summed E-state index contributed by atoms with van der Waals surface area (Å²) in [4.78, 5) is 4.14. The maximum atomic E-state index is 8.95. The molecule has 1 rings (SSSR count). The number of hydrogen-bond acceptors (Lipinski definition) is 4. The number of anilines is 1. The van der Waals surface area contributed by atoms with Crippen molar-refractivity contribution in [1.29, 1.82) is 5.26 Å². The highest BCUT2D eigenvalue weighted by molar-refractivity contribution is 5.55. The predicted octanol–water partition coefficient (Wildman–Crippen LogP) is 1.41. The zero-order chi connectivity index (χ0) is 11.1. The van der Waals surface area contributed by atoms with Gasteiger partial charge in [0.25, 0.3) is 0 Å². The van der Waals surface area contributed by atoms with Crippen molar-refractivity contribution in [2.45, 2.75) is 19.8 Å². The second kappa shape index (κ2) is 5.99. The van der Waals surface area contributed by atoms with E-state index >= 15 is 0 Å². The lowest BCUT2D eigenvalue weighted by Crippen LogP contribution is -2.08. The second-order valence-electron chi connectivity index (χ2n) is 3.39. The van der Waals surface area contributed by atoms with Gasteiger partial charge >= 0.3 is 0 Å². The number of nitriles is 1. The molecule has 0 spiro atoms. The van der Waals surface area contributed by atoms with Crippen LogP contribution in [0.2, 0.25) is 0 Å². The van der Waals surface area contributed by atoms with Crippen LogP contribution < -0.4 is 11.1 Å². The monoisotopic (exact) mass is 204 g/mol. The number of unbranched alkanes of at least 4 members (excludes halogenated alkanes) is 1. The third-order valence-corrected chi connectivity index (χ3v) is 2.19. The van der Waals surface area contributed by atoms with Gasteiger partial charge in [-0.15, -0.1) is 0 Å². The first-order valence-corrected chi connectivity index (χ1v) is 5.09. The first-order chi connectivity index (χ1) is 7.29. The number of pyridine rings is 1. The van der Waals surface area contributed by atoms with E-state index in [1.165, 1.54) is 0 Å². The molecule has 1 aromatic rings. The summed E-state index contributed by atoms with van der Waals surface area (Å²) in [5.74, 6) is 0.675. The highest BCUT2D eigenvalue weighted by Crippen LogP contribution is 2.14. The average Bonchev–Trinajstić information content (AvgIpc) is 2.24. The lowest BCUT2D eigenvalue weighted by molar-refractivity contribution is 0.772. The van der Waals surface area contributed by atoms with Crippen LogP contribution in [0.1, 0.15) is 24.0 Å². The summed E-state index contributed by atoms with van der Waals surface area (Å²) in [5, 5.41) is 12.1. The Kier molecular flexibility index (Phi) is 4.58. The topological polar surface area (TPSA) is 74.7 Å². The van der Waals surface area contributed by atoms with Crippen LogP contribution in [-0.4, -0.2) is 18.1 Å². The van der Waals surface area contributed by atoms with Gasteiger partial charge in [0, 0.05) is 12.7 Å². The molecule has 0 saturated heterocycles. The van der Waals surface area contributed by atoms with Gasteiger partial charge in [-0.2, -0.15) is 5.26 Å². The molecule has 80 valence electrons. The fourth-order valence-electron chi connectivity index (χ4n) is 1.31. The highest BCUT2D eigenvalue weighted by atomic mass is 15.0. The molecule has 0 saturated carbocycles. The van der Waals surface area contributed by atoms with E-state index in [1.54, 1.807) is 6.20 Å². The van der Waals surface area contributed by atoms with Crippen molar-refractivity contribution in [1.82, 2.24) is 4.98 Å². The predicted molar refractivity (Wildman–Crippen MR) is 60.5 cm³/mol. The fraction of sp³-hybridized carbons (Fsp3) is 0.455. The van der Waals surface area contributed by atoms with Gasteiger partial charge in [-0.3, -0.25) is 0 Å². The molecular formula is C11H16N4. The fourth-order valence-corrected chi connectivity index (χ4v) is 1.31. The summed E-state index contributed by atoms with van der Waals surface area (Å²) in [6, 6.07) is 3.99. The highest BCUT2D eigenvalue weighted by Gasteiger charge is 2.04. The van der Waals surface area contributed by atoms with E-state index in [0.717, 1.165) is 24.9 Å². The molecule has 0 radical (unpaired) electrons. The Hall–Kier alpha value is -1.60. The Morgan fingerprint density at radius 1 is 1.53 bits per heavy atom. The summed E-state index contributed by atoms with van der Waals surface area (Å²) in [7, 11) is 0. The normalized spacial score (nSPS) is 9.67. The molecule has 15 heavy (non-hydrogen) atoms. The third kappa shape index (κ3) is 3.22. The van der Waals surface area contributed by atoms with E-state index in [0.29, 0.717) is 17.9 Å². The van der Waals surface area contributed by atoms with Crippen LogP contribution >= 0.6 is 0 Å². The molecule has 0 aliphatic rings. The van der Waals surface area contributed by atoms with Gasteiger partial charge in [-0.1, -0.05) is 0 Å². The van der Waals surface area contributed by atoms with Crippen molar-refractivity contribution in [2.24, 2.45) is 5.73 Å². The van der Waals surface area contributed by atoms with Crippen LogP contribution in [-0.2, 0) is 0 Å². The quantitative estimate of drug-likeness (QED) is 0.711. The molecule has 0 bridgehead atoms. The first kappa shape index (κ1) is 11.5. The average molecular weight is 204 g/mol. The zero-order valence-corrected chi connectivity index (χ0v) is 8.95. The molecule has 4 nitrogen and oxygen atoms in total. The van der Waals surface area contributed by atoms with E-state index in [2.05, 4.69) is 16.4 Å². The van der Waals surface area contributed by atoms with Crippen molar-refractivity contribution in [3.8, 4) is 6.07 Å².